The summed E-state index contributed by atoms with van der Waals surface area (Å²) >= 11 is 12.0. The second-order valence-corrected chi connectivity index (χ2v) is 8.09. The van der Waals surface area contributed by atoms with Crippen molar-refractivity contribution in [2.75, 3.05) is 24.8 Å². The van der Waals surface area contributed by atoms with Gasteiger partial charge in [0.1, 0.15) is 5.60 Å². The van der Waals surface area contributed by atoms with Crippen LogP contribution in [-0.2, 0) is 5.60 Å². The Kier molecular flexibility index (Phi) is 5.19. The Hall–Kier alpha value is -0.280. The first-order valence-corrected chi connectivity index (χ1v) is 8.96. The first kappa shape index (κ1) is 18.1. The third kappa shape index (κ3) is 2.39. The fourth-order valence-electron chi connectivity index (χ4n) is 4.97. The maximum absolute atomic E-state index is 11.6. The van der Waals surface area contributed by atoms with Gasteiger partial charge in [-0.1, -0.05) is 58.0 Å². The maximum atomic E-state index is 11.6. The van der Waals surface area contributed by atoms with Gasteiger partial charge in [0, 0.05) is 41.7 Å². The van der Waals surface area contributed by atoms with Gasteiger partial charge in [-0.25, -0.2) is 0 Å². The van der Waals surface area contributed by atoms with Crippen molar-refractivity contribution in [3.63, 3.8) is 0 Å². The second kappa shape index (κ2) is 6.32. The molecule has 1 aliphatic rings. The molecule has 0 atom stereocenters. The average molecular weight is 344 g/mol. The van der Waals surface area contributed by atoms with Gasteiger partial charge < -0.3 is 5.11 Å². The van der Waals surface area contributed by atoms with Crippen molar-refractivity contribution < 1.29 is 5.11 Å². The Bertz CT molecular complexity index is 479. The number of hydrogen-bond donors (Lipinski definition) is 1. The molecule has 0 heterocycles. The molecule has 0 spiro atoms. The van der Waals surface area contributed by atoms with Gasteiger partial charge in [-0.3, -0.25) is 4.90 Å². The van der Waals surface area contributed by atoms with Crippen LogP contribution in [0.2, 0.25) is 0 Å². The zero-order valence-electron chi connectivity index (χ0n) is 13.9. The monoisotopic (exact) mass is 343 g/mol. The minimum atomic E-state index is -0.872. The zero-order chi connectivity index (χ0) is 16.6. The summed E-state index contributed by atoms with van der Waals surface area (Å²) in [5.74, 6) is 1.15. The van der Waals surface area contributed by atoms with Crippen molar-refractivity contribution in [3.8, 4) is 0 Å². The molecule has 1 aromatic carbocycles. The summed E-state index contributed by atoms with van der Waals surface area (Å²) in [6.07, 6.45) is 0. The lowest BCUT2D eigenvalue weighted by molar-refractivity contribution is -0.306. The van der Waals surface area contributed by atoms with Crippen LogP contribution in [0.1, 0.15) is 33.3 Å². The van der Waals surface area contributed by atoms with Crippen molar-refractivity contribution >= 4 is 23.2 Å². The van der Waals surface area contributed by atoms with Gasteiger partial charge in [0.05, 0.1) is 0 Å². The molecule has 0 unspecified atom stereocenters. The summed E-state index contributed by atoms with van der Waals surface area (Å²) in [6, 6.07) is 10.2. The first-order chi connectivity index (χ1) is 10.2. The van der Waals surface area contributed by atoms with Crippen LogP contribution in [0, 0.1) is 10.8 Å². The van der Waals surface area contributed by atoms with Crippen molar-refractivity contribution in [2.45, 2.75) is 39.3 Å². The van der Waals surface area contributed by atoms with Crippen LogP contribution in [0.4, 0.5) is 0 Å². The quantitative estimate of drug-likeness (QED) is 0.786. The Morgan fingerprint density at radius 1 is 0.955 bits per heavy atom. The topological polar surface area (TPSA) is 23.5 Å². The summed E-state index contributed by atoms with van der Waals surface area (Å²) < 4.78 is 0. The highest BCUT2D eigenvalue weighted by molar-refractivity contribution is 6.18. The van der Waals surface area contributed by atoms with E-state index in [2.05, 4.69) is 32.6 Å². The maximum Gasteiger partial charge on any atom is 0.103 e. The molecule has 1 N–H and O–H groups in total. The minimum Gasteiger partial charge on any atom is -0.384 e. The number of rotatable bonds is 6. The molecule has 1 aliphatic carbocycles. The Morgan fingerprint density at radius 3 is 1.82 bits per heavy atom. The van der Waals surface area contributed by atoms with Gasteiger partial charge in [-0.15, -0.1) is 23.2 Å². The van der Waals surface area contributed by atoms with E-state index in [1.807, 2.05) is 30.3 Å². The lowest BCUT2D eigenvalue weighted by atomic mass is 9.39. The second-order valence-electron chi connectivity index (χ2n) is 7.34. The standard InChI is InChI=1S/C18H27Cl2NO/c1-16(2)15(21(12-10-19)13-11-20)17(3,4)18(16,22)14-8-6-5-7-9-14/h5-9,15,22H,10-13H2,1-4H3. The number of nitrogens with zero attached hydrogens (tertiary/aromatic N) is 1. The summed E-state index contributed by atoms with van der Waals surface area (Å²) in [7, 11) is 0. The number of hydrogen-bond acceptors (Lipinski definition) is 2. The molecule has 2 nitrogen and oxygen atoms in total. The lowest BCUT2D eigenvalue weighted by Crippen LogP contribution is -2.78. The van der Waals surface area contributed by atoms with Crippen LogP contribution < -0.4 is 0 Å². The molecule has 4 heteroatoms. The highest BCUT2D eigenvalue weighted by Crippen LogP contribution is 2.68. The molecule has 1 fully saturated rings. The lowest BCUT2D eigenvalue weighted by Gasteiger charge is -2.72. The van der Waals surface area contributed by atoms with E-state index in [0.29, 0.717) is 11.8 Å². The Labute approximate surface area is 144 Å². The fourth-order valence-corrected chi connectivity index (χ4v) is 5.41. The third-order valence-electron chi connectivity index (χ3n) is 5.53. The summed E-state index contributed by atoms with van der Waals surface area (Å²) in [5.41, 5.74) is -0.452. The molecule has 0 aliphatic heterocycles. The molecule has 0 radical (unpaired) electrons. The predicted octanol–water partition coefficient (Wildman–Crippen LogP) is 4.09. The minimum absolute atomic E-state index is 0.225. The Balaban J connectivity index is 2.42. The fraction of sp³-hybridized carbons (Fsp3) is 0.667. The molecule has 0 saturated heterocycles. The van der Waals surface area contributed by atoms with E-state index in [1.165, 1.54) is 0 Å². The molecule has 22 heavy (non-hydrogen) atoms. The average Bonchev–Trinajstić information content (AvgIpc) is 2.47. The van der Waals surface area contributed by atoms with Crippen molar-refractivity contribution in [2.24, 2.45) is 10.8 Å². The van der Waals surface area contributed by atoms with Crippen LogP contribution in [0.15, 0.2) is 30.3 Å². The summed E-state index contributed by atoms with van der Waals surface area (Å²) in [6.45, 7) is 10.2. The molecule has 0 bridgehead atoms. The largest absolute Gasteiger partial charge is 0.384 e. The van der Waals surface area contributed by atoms with E-state index in [4.69, 9.17) is 23.2 Å². The van der Waals surface area contributed by atoms with Crippen LogP contribution in [-0.4, -0.2) is 40.9 Å². The van der Waals surface area contributed by atoms with Gasteiger partial charge in [0.2, 0.25) is 0 Å². The molecule has 1 aromatic rings. The smallest absolute Gasteiger partial charge is 0.103 e. The third-order valence-corrected chi connectivity index (χ3v) is 5.87. The number of halogens is 2. The molecule has 124 valence electrons. The Morgan fingerprint density at radius 2 is 1.41 bits per heavy atom. The van der Waals surface area contributed by atoms with Crippen molar-refractivity contribution in [1.29, 1.82) is 0 Å². The van der Waals surface area contributed by atoms with Gasteiger partial charge in [-0.2, -0.15) is 0 Å². The highest BCUT2D eigenvalue weighted by Gasteiger charge is 2.73. The predicted molar refractivity (Wildman–Crippen MR) is 94.7 cm³/mol. The van der Waals surface area contributed by atoms with Crippen molar-refractivity contribution in [1.82, 2.24) is 4.90 Å². The number of benzene rings is 1. The summed E-state index contributed by atoms with van der Waals surface area (Å²) in [4.78, 5) is 2.33. The molecular weight excluding hydrogens is 317 g/mol. The molecular formula is C18H27Cl2NO. The number of alkyl halides is 2. The van der Waals surface area contributed by atoms with E-state index in [0.717, 1.165) is 18.7 Å². The van der Waals surface area contributed by atoms with Crippen LogP contribution >= 0.6 is 23.2 Å². The van der Waals surface area contributed by atoms with E-state index in [-0.39, 0.29) is 16.9 Å². The van der Waals surface area contributed by atoms with Gasteiger partial charge in [0.15, 0.2) is 0 Å². The molecule has 1 saturated carbocycles. The van der Waals surface area contributed by atoms with E-state index in [1.54, 1.807) is 0 Å². The molecule has 0 amide bonds. The number of aliphatic hydroxyl groups is 1. The molecule has 0 aromatic heterocycles. The normalized spacial score (nSPS) is 29.4. The van der Waals surface area contributed by atoms with Crippen LogP contribution in [0.25, 0.3) is 0 Å². The SMILES string of the molecule is CC1(C)C(N(CCCl)CCCl)C(C)(C)C1(O)c1ccccc1. The zero-order valence-corrected chi connectivity index (χ0v) is 15.5. The van der Waals surface area contributed by atoms with Gasteiger partial charge in [-0.05, 0) is 5.56 Å². The first-order valence-electron chi connectivity index (χ1n) is 7.89. The van der Waals surface area contributed by atoms with Crippen LogP contribution in [0.5, 0.6) is 0 Å². The van der Waals surface area contributed by atoms with Gasteiger partial charge >= 0.3 is 0 Å². The summed E-state index contributed by atoms with van der Waals surface area (Å²) in [5, 5.41) is 11.6. The van der Waals surface area contributed by atoms with Crippen LogP contribution in [0.3, 0.4) is 0 Å². The van der Waals surface area contributed by atoms with Gasteiger partial charge in [0.25, 0.3) is 0 Å². The van der Waals surface area contributed by atoms with E-state index < -0.39 is 5.60 Å². The van der Waals surface area contributed by atoms with E-state index >= 15 is 0 Å². The van der Waals surface area contributed by atoms with E-state index in [9.17, 15) is 5.11 Å². The van der Waals surface area contributed by atoms with Crippen molar-refractivity contribution in [3.05, 3.63) is 35.9 Å². The molecule has 2 rings (SSSR count). The highest BCUT2D eigenvalue weighted by atomic mass is 35.5.